The molecule has 114 valence electrons. The quantitative estimate of drug-likeness (QED) is 0.835. The molecule has 22 heavy (non-hydrogen) atoms. The molecule has 7 nitrogen and oxygen atoms in total. The summed E-state index contributed by atoms with van der Waals surface area (Å²) in [6.07, 6.45) is 0. The van der Waals surface area contributed by atoms with E-state index in [1.165, 1.54) is 13.2 Å². The number of aromatic amines is 1. The summed E-state index contributed by atoms with van der Waals surface area (Å²) >= 11 is 0. The molecule has 7 heteroatoms. The maximum Gasteiger partial charge on any atom is 0.339 e. The summed E-state index contributed by atoms with van der Waals surface area (Å²) in [6, 6.07) is 6.38. The lowest BCUT2D eigenvalue weighted by Crippen LogP contribution is -2.27. The van der Waals surface area contributed by atoms with Gasteiger partial charge in [0.2, 0.25) is 0 Å². The van der Waals surface area contributed by atoms with Gasteiger partial charge in [-0.15, -0.1) is 0 Å². The summed E-state index contributed by atoms with van der Waals surface area (Å²) in [5, 5.41) is 2.54. The Kier molecular flexibility index (Phi) is 4.36. The molecular formula is C15H15N3O4. The number of aromatic nitrogens is 2. The lowest BCUT2D eigenvalue weighted by molar-refractivity contribution is 0.0602. The van der Waals surface area contributed by atoms with Crippen LogP contribution in [0.15, 0.2) is 29.1 Å². The van der Waals surface area contributed by atoms with Crippen molar-refractivity contribution in [3.8, 4) is 0 Å². The molecule has 0 aliphatic rings. The van der Waals surface area contributed by atoms with E-state index >= 15 is 0 Å². The summed E-state index contributed by atoms with van der Waals surface area (Å²) in [5.74, 6) is -0.792. The largest absolute Gasteiger partial charge is 0.465 e. The van der Waals surface area contributed by atoms with Gasteiger partial charge in [-0.1, -0.05) is 12.1 Å². The van der Waals surface area contributed by atoms with Crippen molar-refractivity contribution in [1.29, 1.82) is 0 Å². The third-order valence-electron chi connectivity index (χ3n) is 3.03. The maximum atomic E-state index is 12.3. The predicted octanol–water partition coefficient (Wildman–Crippen LogP) is 1.43. The number of hydrogen-bond donors (Lipinski definition) is 2. The Hall–Kier alpha value is -2.96. The van der Waals surface area contributed by atoms with Crippen LogP contribution < -0.4 is 10.9 Å². The van der Waals surface area contributed by atoms with Crippen molar-refractivity contribution in [2.45, 2.75) is 13.8 Å². The van der Waals surface area contributed by atoms with Crippen molar-refractivity contribution in [2.75, 3.05) is 12.4 Å². The van der Waals surface area contributed by atoms with Crippen LogP contribution in [-0.2, 0) is 4.74 Å². The van der Waals surface area contributed by atoms with E-state index in [1.54, 1.807) is 32.0 Å². The van der Waals surface area contributed by atoms with Gasteiger partial charge in [0.25, 0.3) is 11.5 Å². The number of carbonyl (C=O) groups excluding carboxylic acids is 2. The van der Waals surface area contributed by atoms with Crippen LogP contribution in [0.1, 0.15) is 32.2 Å². The molecule has 1 heterocycles. The minimum atomic E-state index is -0.636. The van der Waals surface area contributed by atoms with Gasteiger partial charge in [-0.3, -0.25) is 9.59 Å². The number of H-pyrrole nitrogens is 1. The molecule has 0 unspecified atom stereocenters. The van der Waals surface area contributed by atoms with Gasteiger partial charge in [-0.2, -0.15) is 0 Å². The highest BCUT2D eigenvalue weighted by Gasteiger charge is 2.18. The number of rotatable bonds is 3. The van der Waals surface area contributed by atoms with Gasteiger partial charge in [-0.25, -0.2) is 9.78 Å². The fourth-order valence-corrected chi connectivity index (χ4v) is 2.06. The van der Waals surface area contributed by atoms with Crippen LogP contribution in [0.2, 0.25) is 0 Å². The monoisotopic (exact) mass is 301 g/mol. The number of ether oxygens (including phenoxy) is 1. The number of benzene rings is 1. The molecule has 1 aromatic heterocycles. The summed E-state index contributed by atoms with van der Waals surface area (Å²) in [7, 11) is 1.25. The van der Waals surface area contributed by atoms with Crippen molar-refractivity contribution in [3.05, 3.63) is 57.3 Å². The molecule has 0 bridgehead atoms. The minimum absolute atomic E-state index is 0.0923. The van der Waals surface area contributed by atoms with Crippen LogP contribution >= 0.6 is 0 Å². The number of anilines is 1. The molecule has 0 saturated heterocycles. The van der Waals surface area contributed by atoms with Crippen molar-refractivity contribution in [3.63, 3.8) is 0 Å². The Morgan fingerprint density at radius 3 is 2.55 bits per heavy atom. The number of nitrogens with zero attached hydrogens (tertiary/aromatic N) is 1. The third kappa shape index (κ3) is 3.03. The van der Waals surface area contributed by atoms with Gasteiger partial charge >= 0.3 is 5.97 Å². The number of para-hydroxylation sites is 1. The number of nitrogens with one attached hydrogen (secondary N) is 2. The molecule has 0 aliphatic heterocycles. The Bertz CT molecular complexity index is 796. The zero-order valence-electron chi connectivity index (χ0n) is 12.4. The lowest BCUT2D eigenvalue weighted by Gasteiger charge is -2.10. The van der Waals surface area contributed by atoms with Crippen LogP contribution in [0.25, 0.3) is 0 Å². The van der Waals surface area contributed by atoms with Crippen LogP contribution in [0.3, 0.4) is 0 Å². The second-order valence-electron chi connectivity index (χ2n) is 4.60. The Morgan fingerprint density at radius 2 is 1.91 bits per heavy atom. The molecule has 2 N–H and O–H groups in total. The number of esters is 1. The second kappa shape index (κ2) is 6.21. The summed E-state index contributed by atoms with van der Waals surface area (Å²) < 4.78 is 4.66. The van der Waals surface area contributed by atoms with Gasteiger partial charge < -0.3 is 15.0 Å². The average molecular weight is 301 g/mol. The van der Waals surface area contributed by atoms with Crippen LogP contribution in [0.5, 0.6) is 0 Å². The highest BCUT2D eigenvalue weighted by Crippen LogP contribution is 2.17. The molecule has 2 aromatic rings. The van der Waals surface area contributed by atoms with E-state index in [1.807, 2.05) is 0 Å². The highest BCUT2D eigenvalue weighted by molar-refractivity contribution is 6.08. The van der Waals surface area contributed by atoms with E-state index in [9.17, 15) is 14.4 Å². The maximum absolute atomic E-state index is 12.3. The van der Waals surface area contributed by atoms with Crippen molar-refractivity contribution in [1.82, 2.24) is 9.97 Å². The number of methoxy groups -OCH3 is 1. The summed E-state index contributed by atoms with van der Waals surface area (Å²) in [6.45, 7) is 3.20. The summed E-state index contributed by atoms with van der Waals surface area (Å²) in [4.78, 5) is 42.4. The molecular weight excluding hydrogens is 286 g/mol. The van der Waals surface area contributed by atoms with Crippen LogP contribution in [0.4, 0.5) is 5.69 Å². The smallest absolute Gasteiger partial charge is 0.339 e. The van der Waals surface area contributed by atoms with Gasteiger partial charge in [0.05, 0.1) is 24.1 Å². The number of aryl methyl sites for hydroxylation is 2. The molecule has 2 rings (SSSR count). The lowest BCUT2D eigenvalue weighted by atomic mass is 10.1. The minimum Gasteiger partial charge on any atom is -0.465 e. The SMILES string of the molecule is COC(=O)c1ccccc1NC(=O)c1c(C)nc(C)[nH]c1=O. The van der Waals surface area contributed by atoms with Crippen LogP contribution in [-0.4, -0.2) is 29.0 Å². The molecule has 0 atom stereocenters. The fraction of sp³-hybridized carbons (Fsp3) is 0.200. The normalized spacial score (nSPS) is 10.1. The van der Waals surface area contributed by atoms with Gasteiger partial charge in [0.1, 0.15) is 11.4 Å². The third-order valence-corrected chi connectivity index (χ3v) is 3.03. The molecule has 0 aliphatic carbocycles. The first kappa shape index (κ1) is 15.4. The van der Waals surface area contributed by atoms with E-state index < -0.39 is 17.4 Å². The number of carbonyl (C=O) groups is 2. The first-order valence-electron chi connectivity index (χ1n) is 6.50. The second-order valence-corrected chi connectivity index (χ2v) is 4.60. The number of amides is 1. The first-order chi connectivity index (χ1) is 10.4. The molecule has 0 radical (unpaired) electrons. The molecule has 0 spiro atoms. The van der Waals surface area contributed by atoms with E-state index in [-0.39, 0.29) is 16.8 Å². The van der Waals surface area contributed by atoms with Gasteiger partial charge in [-0.05, 0) is 26.0 Å². The van der Waals surface area contributed by atoms with Crippen molar-refractivity contribution >= 4 is 17.6 Å². The zero-order valence-corrected chi connectivity index (χ0v) is 12.4. The van der Waals surface area contributed by atoms with Gasteiger partial charge in [0, 0.05) is 0 Å². The average Bonchev–Trinajstić information content (AvgIpc) is 2.46. The van der Waals surface area contributed by atoms with Gasteiger partial charge in [0.15, 0.2) is 0 Å². The summed E-state index contributed by atoms with van der Waals surface area (Å²) in [5.41, 5.74) is 0.156. The molecule has 1 aromatic carbocycles. The van der Waals surface area contributed by atoms with Crippen molar-refractivity contribution < 1.29 is 14.3 Å². The standard InChI is InChI=1S/C15H15N3O4/c1-8-12(13(19)17-9(2)16-8)14(20)18-11-7-5-4-6-10(11)15(21)22-3/h4-7H,1-3H3,(H,18,20)(H,16,17,19). The highest BCUT2D eigenvalue weighted by atomic mass is 16.5. The van der Waals surface area contributed by atoms with E-state index in [0.717, 1.165) is 0 Å². The Labute approximate surface area is 126 Å². The van der Waals surface area contributed by atoms with E-state index in [0.29, 0.717) is 11.5 Å². The molecule has 0 saturated carbocycles. The van der Waals surface area contributed by atoms with Crippen LogP contribution in [0, 0.1) is 13.8 Å². The zero-order chi connectivity index (χ0) is 16.3. The Balaban J connectivity index is 2.39. The predicted molar refractivity (Wildman–Crippen MR) is 80.1 cm³/mol. The topological polar surface area (TPSA) is 101 Å². The Morgan fingerprint density at radius 1 is 1.23 bits per heavy atom. The van der Waals surface area contributed by atoms with Crippen molar-refractivity contribution in [2.24, 2.45) is 0 Å². The molecule has 0 fully saturated rings. The fourth-order valence-electron chi connectivity index (χ4n) is 2.06. The first-order valence-corrected chi connectivity index (χ1v) is 6.50. The number of hydrogen-bond acceptors (Lipinski definition) is 5. The van der Waals surface area contributed by atoms with E-state index in [4.69, 9.17) is 0 Å². The van der Waals surface area contributed by atoms with E-state index in [2.05, 4.69) is 20.0 Å². The molecule has 1 amide bonds.